The van der Waals surface area contributed by atoms with Crippen LogP contribution in [0.4, 0.5) is 0 Å². The second kappa shape index (κ2) is 9.23. The maximum atomic E-state index is 11.0. The molecule has 7 heteroatoms. The van der Waals surface area contributed by atoms with Crippen LogP contribution in [0, 0.1) is 5.41 Å². The van der Waals surface area contributed by atoms with Crippen LogP contribution in [0.3, 0.4) is 0 Å². The van der Waals surface area contributed by atoms with Crippen molar-refractivity contribution < 1.29 is 14.3 Å². The largest absolute Gasteiger partial charge is 0.492 e. The van der Waals surface area contributed by atoms with Crippen molar-refractivity contribution in [3.8, 4) is 11.5 Å². The Morgan fingerprint density at radius 3 is 2.64 bits per heavy atom. The van der Waals surface area contributed by atoms with Crippen molar-refractivity contribution in [2.75, 3.05) is 26.2 Å². The summed E-state index contributed by atoms with van der Waals surface area (Å²) in [5, 5.41) is 7.48. The Bertz CT molecular complexity index is 823. The van der Waals surface area contributed by atoms with Crippen LogP contribution in [0.2, 0.25) is 0 Å². The average molecular weight is 382 g/mol. The van der Waals surface area contributed by atoms with Crippen molar-refractivity contribution in [3.05, 3.63) is 59.7 Å². The number of nitrogens with one attached hydrogen (secondary N) is 1. The van der Waals surface area contributed by atoms with E-state index in [0.717, 1.165) is 43.1 Å². The summed E-state index contributed by atoms with van der Waals surface area (Å²) in [7, 11) is 0. The predicted octanol–water partition coefficient (Wildman–Crippen LogP) is 1.53. The maximum Gasteiger partial charge on any atom is 0.221 e. The lowest BCUT2D eigenvalue weighted by Crippen LogP contribution is -2.28. The Morgan fingerprint density at radius 1 is 1.14 bits per heavy atom. The number of nitrogen functional groups attached to an aromatic ring is 1. The third kappa shape index (κ3) is 5.72. The van der Waals surface area contributed by atoms with Gasteiger partial charge in [-0.2, -0.15) is 0 Å². The summed E-state index contributed by atoms with van der Waals surface area (Å²) in [5.74, 6) is 1.22. The van der Waals surface area contributed by atoms with Crippen molar-refractivity contribution in [2.45, 2.75) is 18.9 Å². The minimum absolute atomic E-state index is 0.0349. The van der Waals surface area contributed by atoms with Crippen LogP contribution in [0.1, 0.15) is 17.5 Å². The first-order chi connectivity index (χ1) is 13.5. The van der Waals surface area contributed by atoms with E-state index in [4.69, 9.17) is 26.4 Å². The molecule has 1 amide bonds. The summed E-state index contributed by atoms with van der Waals surface area (Å²) < 4.78 is 11.8. The Labute approximate surface area is 164 Å². The summed E-state index contributed by atoms with van der Waals surface area (Å²) in [6.07, 6.45) is 1.35. The molecule has 0 bridgehead atoms. The van der Waals surface area contributed by atoms with Crippen molar-refractivity contribution in [1.29, 1.82) is 5.41 Å². The van der Waals surface area contributed by atoms with Gasteiger partial charge in [0.2, 0.25) is 5.91 Å². The molecule has 0 radical (unpaired) electrons. The fraction of sp³-hybridized carbons (Fsp3) is 0.333. The van der Waals surface area contributed by atoms with Crippen LogP contribution >= 0.6 is 0 Å². The van der Waals surface area contributed by atoms with Crippen molar-refractivity contribution in [3.63, 3.8) is 0 Å². The van der Waals surface area contributed by atoms with Gasteiger partial charge < -0.3 is 20.9 Å². The monoisotopic (exact) mass is 382 g/mol. The molecule has 0 aliphatic carbocycles. The minimum Gasteiger partial charge on any atom is -0.492 e. The van der Waals surface area contributed by atoms with Gasteiger partial charge >= 0.3 is 0 Å². The molecule has 5 N–H and O–H groups in total. The summed E-state index contributed by atoms with van der Waals surface area (Å²) in [4.78, 5) is 13.3. The average Bonchev–Trinajstić information content (AvgIpc) is 3.10. The molecule has 0 aromatic heterocycles. The molecule has 2 aromatic carbocycles. The Morgan fingerprint density at radius 2 is 1.93 bits per heavy atom. The molecule has 1 fully saturated rings. The van der Waals surface area contributed by atoms with Gasteiger partial charge in [0.15, 0.2) is 0 Å². The molecule has 1 atom stereocenters. The van der Waals surface area contributed by atoms with E-state index in [-0.39, 0.29) is 24.3 Å². The van der Waals surface area contributed by atoms with E-state index in [1.165, 1.54) is 0 Å². The van der Waals surface area contributed by atoms with E-state index in [1.54, 1.807) is 12.1 Å². The van der Waals surface area contributed by atoms with E-state index < -0.39 is 0 Å². The lowest BCUT2D eigenvalue weighted by Gasteiger charge is -2.17. The standard InChI is InChI=1S/C21H26N4O3/c22-20(26)12-15-4-6-17(7-5-15)28-19-8-9-25(14-19)10-11-27-18-3-1-2-16(13-18)21(23)24/h1-7,13,19H,8-12,14H2,(H2,22,26)(H3,23,24)/t19-/m0/s1. The third-order valence-corrected chi connectivity index (χ3v) is 4.65. The van der Waals surface area contributed by atoms with Crippen molar-refractivity contribution in [2.24, 2.45) is 11.5 Å². The molecular formula is C21H26N4O3. The molecule has 1 saturated heterocycles. The number of hydrogen-bond acceptors (Lipinski definition) is 5. The number of amides is 1. The number of hydrogen-bond donors (Lipinski definition) is 3. The van der Waals surface area contributed by atoms with Crippen molar-refractivity contribution >= 4 is 11.7 Å². The summed E-state index contributed by atoms with van der Waals surface area (Å²) >= 11 is 0. The number of likely N-dealkylation sites (tertiary alicyclic amines) is 1. The van der Waals surface area contributed by atoms with Gasteiger partial charge in [-0.3, -0.25) is 15.1 Å². The number of nitrogens with zero attached hydrogens (tertiary/aromatic N) is 1. The fourth-order valence-corrected chi connectivity index (χ4v) is 3.22. The normalized spacial score (nSPS) is 16.6. The number of primary amides is 1. The van der Waals surface area contributed by atoms with Crippen molar-refractivity contribution in [1.82, 2.24) is 4.90 Å². The first kappa shape index (κ1) is 19.7. The number of nitrogens with two attached hydrogens (primary N) is 2. The van der Waals surface area contributed by atoms with Gasteiger partial charge in [0, 0.05) is 25.2 Å². The van der Waals surface area contributed by atoms with Gasteiger partial charge in [-0.25, -0.2) is 0 Å². The van der Waals surface area contributed by atoms with Crippen LogP contribution < -0.4 is 20.9 Å². The molecule has 1 aliphatic rings. The molecule has 1 aliphatic heterocycles. The molecule has 1 heterocycles. The van der Waals surface area contributed by atoms with Gasteiger partial charge in [0.05, 0.1) is 6.42 Å². The fourth-order valence-electron chi connectivity index (χ4n) is 3.22. The zero-order valence-electron chi connectivity index (χ0n) is 15.8. The van der Waals surface area contributed by atoms with Crippen LogP contribution in [-0.4, -0.2) is 49.0 Å². The third-order valence-electron chi connectivity index (χ3n) is 4.65. The van der Waals surface area contributed by atoms with E-state index in [9.17, 15) is 4.79 Å². The Kier molecular flexibility index (Phi) is 6.49. The molecule has 3 rings (SSSR count). The SMILES string of the molecule is N=C(N)c1cccc(OCCN2CC[C@H](Oc3ccc(CC(N)=O)cc3)C2)c1. The van der Waals surface area contributed by atoms with Crippen LogP contribution in [0.15, 0.2) is 48.5 Å². The topological polar surface area (TPSA) is 115 Å². The number of rotatable bonds is 9. The summed E-state index contributed by atoms with van der Waals surface area (Å²) in [6, 6.07) is 14.8. The van der Waals surface area contributed by atoms with E-state index in [2.05, 4.69) is 4.90 Å². The van der Waals surface area contributed by atoms with Gasteiger partial charge in [-0.1, -0.05) is 24.3 Å². The second-order valence-corrected chi connectivity index (χ2v) is 6.91. The number of carbonyl (C=O) groups is 1. The zero-order chi connectivity index (χ0) is 19.9. The van der Waals surface area contributed by atoms with Crippen LogP contribution in [-0.2, 0) is 11.2 Å². The predicted molar refractivity (Wildman–Crippen MR) is 108 cm³/mol. The second-order valence-electron chi connectivity index (χ2n) is 6.91. The Hall–Kier alpha value is -3.06. The molecule has 148 valence electrons. The first-order valence-corrected chi connectivity index (χ1v) is 9.33. The Balaban J connectivity index is 1.41. The minimum atomic E-state index is -0.338. The highest BCUT2D eigenvalue weighted by Gasteiger charge is 2.23. The number of carbonyl (C=O) groups excluding carboxylic acids is 1. The smallest absolute Gasteiger partial charge is 0.221 e. The molecule has 0 unspecified atom stereocenters. The quantitative estimate of drug-likeness (QED) is 0.449. The molecule has 2 aromatic rings. The summed E-state index contributed by atoms with van der Waals surface area (Å²) in [5.41, 5.74) is 12.3. The highest BCUT2D eigenvalue weighted by atomic mass is 16.5. The van der Waals surface area contributed by atoms with Crippen LogP contribution in [0.25, 0.3) is 0 Å². The molecule has 0 spiro atoms. The molecule has 28 heavy (non-hydrogen) atoms. The lowest BCUT2D eigenvalue weighted by atomic mass is 10.1. The van der Waals surface area contributed by atoms with Gasteiger partial charge in [-0.15, -0.1) is 0 Å². The summed E-state index contributed by atoms with van der Waals surface area (Å²) in [6.45, 7) is 3.18. The number of amidine groups is 1. The van der Waals surface area contributed by atoms with Crippen LogP contribution in [0.5, 0.6) is 11.5 Å². The molecular weight excluding hydrogens is 356 g/mol. The highest BCUT2D eigenvalue weighted by molar-refractivity contribution is 5.95. The van der Waals surface area contributed by atoms with Gasteiger partial charge in [0.25, 0.3) is 0 Å². The zero-order valence-corrected chi connectivity index (χ0v) is 15.8. The number of benzene rings is 2. The van der Waals surface area contributed by atoms with E-state index in [1.807, 2.05) is 36.4 Å². The molecule has 0 saturated carbocycles. The van der Waals surface area contributed by atoms with E-state index in [0.29, 0.717) is 12.2 Å². The van der Waals surface area contributed by atoms with Gasteiger partial charge in [-0.05, 0) is 36.2 Å². The first-order valence-electron chi connectivity index (χ1n) is 9.33. The van der Waals surface area contributed by atoms with E-state index >= 15 is 0 Å². The lowest BCUT2D eigenvalue weighted by molar-refractivity contribution is -0.117. The maximum absolute atomic E-state index is 11.0. The number of ether oxygens (including phenoxy) is 2. The van der Waals surface area contributed by atoms with Gasteiger partial charge in [0.1, 0.15) is 30.0 Å². The molecule has 7 nitrogen and oxygen atoms in total. The highest BCUT2D eigenvalue weighted by Crippen LogP contribution is 2.19.